The van der Waals surface area contributed by atoms with Gasteiger partial charge in [-0.2, -0.15) is 11.3 Å². The van der Waals surface area contributed by atoms with E-state index in [2.05, 4.69) is 10.6 Å². The zero-order valence-electron chi connectivity index (χ0n) is 15.1. The van der Waals surface area contributed by atoms with Crippen LogP contribution in [0.25, 0.3) is 22.3 Å². The number of nitrogens with zero attached hydrogens (tertiary/aromatic N) is 1. The van der Waals surface area contributed by atoms with Crippen LogP contribution in [0.15, 0.2) is 41.2 Å². The molecule has 1 aromatic carbocycles. The van der Waals surface area contributed by atoms with Crippen LogP contribution in [0.4, 0.5) is 9.18 Å². The molecule has 1 unspecified atom stereocenters. The van der Waals surface area contributed by atoms with Gasteiger partial charge in [0, 0.05) is 41.0 Å². The quantitative estimate of drug-likeness (QED) is 0.549. The number of fused-ring (bicyclic) bond motifs is 1. The monoisotopic (exact) mass is 433 g/mol. The Morgan fingerprint density at radius 2 is 2.21 bits per heavy atom. The Morgan fingerprint density at radius 1 is 1.38 bits per heavy atom. The minimum absolute atomic E-state index is 0.164. The molecular weight excluding hydrogens is 417 g/mol. The summed E-state index contributed by atoms with van der Waals surface area (Å²) < 4.78 is 16.5. The second-order valence-corrected chi connectivity index (χ2v) is 7.91. The van der Waals surface area contributed by atoms with E-state index in [4.69, 9.17) is 16.7 Å². The Kier molecular flexibility index (Phi) is 5.29. The molecule has 0 saturated carbocycles. The van der Waals surface area contributed by atoms with Crippen molar-refractivity contribution in [3.8, 4) is 22.3 Å². The number of nitrogens with one attached hydrogen (secondary N) is 2. The number of carboxylic acid groups (broad SMARTS) is 1. The molecule has 2 aromatic heterocycles. The first-order valence-corrected chi connectivity index (χ1v) is 10.3. The maximum atomic E-state index is 14.7. The van der Waals surface area contributed by atoms with Gasteiger partial charge in [-0.15, -0.1) is 0 Å². The van der Waals surface area contributed by atoms with Gasteiger partial charge in [-0.1, -0.05) is 11.6 Å². The number of amides is 2. The number of hydrogen-bond acceptors (Lipinski definition) is 3. The molecule has 1 atom stereocenters. The van der Waals surface area contributed by atoms with Crippen molar-refractivity contribution >= 4 is 34.9 Å². The molecular formula is C20H17ClFN3O3S. The Balaban J connectivity index is 1.87. The van der Waals surface area contributed by atoms with E-state index < -0.39 is 11.9 Å². The molecule has 1 aliphatic heterocycles. The van der Waals surface area contributed by atoms with Gasteiger partial charge in [0.2, 0.25) is 0 Å². The highest BCUT2D eigenvalue weighted by Gasteiger charge is 2.32. The fourth-order valence-electron chi connectivity index (χ4n) is 3.63. The number of hydrogen-bond donors (Lipinski definition) is 3. The number of halogens is 2. The summed E-state index contributed by atoms with van der Waals surface area (Å²) >= 11 is 7.59. The van der Waals surface area contributed by atoms with Crippen LogP contribution in [0.2, 0.25) is 5.02 Å². The number of aromatic nitrogens is 1. The van der Waals surface area contributed by atoms with Gasteiger partial charge < -0.3 is 20.3 Å². The van der Waals surface area contributed by atoms with Crippen molar-refractivity contribution in [2.45, 2.75) is 12.5 Å². The molecule has 0 fully saturated rings. The number of thiophene rings is 1. The summed E-state index contributed by atoms with van der Waals surface area (Å²) in [6.07, 6.45) is 1.15. The predicted molar refractivity (Wildman–Crippen MR) is 110 cm³/mol. The Bertz CT molecular complexity index is 1080. The Morgan fingerprint density at radius 3 is 2.93 bits per heavy atom. The van der Waals surface area contributed by atoms with Crippen LogP contribution < -0.4 is 10.6 Å². The van der Waals surface area contributed by atoms with Crippen molar-refractivity contribution in [1.29, 1.82) is 0 Å². The molecule has 0 spiro atoms. The molecule has 3 heterocycles. The van der Waals surface area contributed by atoms with Crippen molar-refractivity contribution in [2.75, 3.05) is 13.1 Å². The second-order valence-electron chi connectivity index (χ2n) is 6.69. The first-order chi connectivity index (χ1) is 14.0. The average molecular weight is 434 g/mol. The van der Waals surface area contributed by atoms with Gasteiger partial charge in [0.1, 0.15) is 11.5 Å². The fraction of sp³-hybridized carbons (Fsp3) is 0.200. The molecule has 0 bridgehead atoms. The molecule has 9 heteroatoms. The van der Waals surface area contributed by atoms with E-state index in [1.165, 1.54) is 23.5 Å². The Labute approximate surface area is 174 Å². The standard InChI is InChI=1S/C20H17ClFN3O3S/c21-12-1-2-16(22)14(7-12)15-9-25-13(3-5-23-20(27)28)8-24-19(26)18(25)17(15)11-4-6-29-10-11/h1-2,4,6-7,9-10,13,23H,3,5,8H2,(H,24,26)(H,27,28). The van der Waals surface area contributed by atoms with Crippen LogP contribution in [0, 0.1) is 5.82 Å². The molecule has 0 aliphatic carbocycles. The first kappa shape index (κ1) is 19.5. The summed E-state index contributed by atoms with van der Waals surface area (Å²) in [6, 6.07) is 6.05. The first-order valence-electron chi connectivity index (χ1n) is 8.93. The lowest BCUT2D eigenvalue weighted by Crippen LogP contribution is -2.40. The minimum Gasteiger partial charge on any atom is -0.465 e. The normalized spacial score (nSPS) is 15.7. The lowest BCUT2D eigenvalue weighted by Gasteiger charge is -2.27. The zero-order valence-corrected chi connectivity index (χ0v) is 16.7. The third kappa shape index (κ3) is 3.73. The molecule has 4 rings (SSSR count). The van der Waals surface area contributed by atoms with E-state index in [-0.39, 0.29) is 18.5 Å². The second kappa shape index (κ2) is 7.88. The summed E-state index contributed by atoms with van der Waals surface area (Å²) in [7, 11) is 0. The number of carbonyl (C=O) groups is 2. The summed E-state index contributed by atoms with van der Waals surface area (Å²) in [4.78, 5) is 23.5. The van der Waals surface area contributed by atoms with Crippen LogP contribution in [0.1, 0.15) is 23.0 Å². The Hall–Kier alpha value is -2.84. The summed E-state index contributed by atoms with van der Waals surface area (Å²) in [6.45, 7) is 0.602. The van der Waals surface area contributed by atoms with E-state index in [0.29, 0.717) is 40.4 Å². The smallest absolute Gasteiger partial charge is 0.404 e. The maximum absolute atomic E-state index is 14.7. The van der Waals surface area contributed by atoms with Crippen LogP contribution >= 0.6 is 22.9 Å². The molecule has 6 nitrogen and oxygen atoms in total. The lowest BCUT2D eigenvalue weighted by atomic mass is 9.97. The van der Waals surface area contributed by atoms with Gasteiger partial charge >= 0.3 is 6.09 Å². The van der Waals surface area contributed by atoms with Gasteiger partial charge in [0.05, 0.1) is 6.04 Å². The fourth-order valence-corrected chi connectivity index (χ4v) is 4.45. The molecule has 3 N–H and O–H groups in total. The molecule has 29 heavy (non-hydrogen) atoms. The van der Waals surface area contributed by atoms with Crippen LogP contribution in [0.3, 0.4) is 0 Å². The highest BCUT2D eigenvalue weighted by atomic mass is 35.5. The summed E-state index contributed by atoms with van der Waals surface area (Å²) in [5.41, 5.74) is 2.78. The maximum Gasteiger partial charge on any atom is 0.404 e. The predicted octanol–water partition coefficient (Wildman–Crippen LogP) is 4.62. The van der Waals surface area contributed by atoms with Crippen molar-refractivity contribution < 1.29 is 19.1 Å². The van der Waals surface area contributed by atoms with E-state index >= 15 is 0 Å². The highest BCUT2D eigenvalue weighted by Crippen LogP contribution is 2.41. The van der Waals surface area contributed by atoms with Crippen molar-refractivity contribution in [3.05, 3.63) is 57.8 Å². The molecule has 0 radical (unpaired) electrons. The molecule has 2 amide bonds. The molecule has 3 aromatic rings. The van der Waals surface area contributed by atoms with Crippen molar-refractivity contribution in [3.63, 3.8) is 0 Å². The number of benzene rings is 1. The zero-order chi connectivity index (χ0) is 20.5. The minimum atomic E-state index is -1.10. The largest absolute Gasteiger partial charge is 0.465 e. The molecule has 0 saturated heterocycles. The summed E-state index contributed by atoms with van der Waals surface area (Å²) in [5.74, 6) is -0.680. The van der Waals surface area contributed by atoms with Gasteiger partial charge in [0.25, 0.3) is 5.91 Å². The lowest BCUT2D eigenvalue weighted by molar-refractivity contribution is 0.0913. The highest BCUT2D eigenvalue weighted by molar-refractivity contribution is 7.08. The topological polar surface area (TPSA) is 83.4 Å². The van der Waals surface area contributed by atoms with Gasteiger partial charge in [-0.3, -0.25) is 4.79 Å². The van der Waals surface area contributed by atoms with Gasteiger partial charge in [-0.05, 0) is 47.0 Å². The van der Waals surface area contributed by atoms with E-state index in [0.717, 1.165) is 5.56 Å². The van der Waals surface area contributed by atoms with Gasteiger partial charge in [-0.25, -0.2) is 9.18 Å². The summed E-state index contributed by atoms with van der Waals surface area (Å²) in [5, 5.41) is 18.2. The van der Waals surface area contributed by atoms with Crippen LogP contribution in [0.5, 0.6) is 0 Å². The van der Waals surface area contributed by atoms with E-state index in [1.54, 1.807) is 12.3 Å². The third-order valence-corrected chi connectivity index (χ3v) is 5.84. The van der Waals surface area contributed by atoms with Crippen molar-refractivity contribution in [1.82, 2.24) is 15.2 Å². The number of carbonyl (C=O) groups excluding carboxylic acids is 1. The third-order valence-electron chi connectivity index (χ3n) is 4.92. The van der Waals surface area contributed by atoms with Gasteiger partial charge in [0.15, 0.2) is 0 Å². The molecule has 1 aliphatic rings. The van der Waals surface area contributed by atoms with Crippen LogP contribution in [-0.2, 0) is 0 Å². The van der Waals surface area contributed by atoms with Crippen molar-refractivity contribution in [2.24, 2.45) is 0 Å². The van der Waals surface area contributed by atoms with Crippen LogP contribution in [-0.4, -0.2) is 34.8 Å². The average Bonchev–Trinajstić information content (AvgIpc) is 3.33. The number of rotatable bonds is 5. The van der Waals surface area contributed by atoms with E-state index in [1.807, 2.05) is 21.4 Å². The SMILES string of the molecule is O=C(O)NCCC1CNC(=O)c2c(-c3ccsc3)c(-c3cc(Cl)ccc3F)cn21. The van der Waals surface area contributed by atoms with E-state index in [9.17, 15) is 14.0 Å². The molecule has 150 valence electrons.